The Morgan fingerprint density at radius 2 is 1.93 bits per heavy atom. The van der Waals surface area contributed by atoms with E-state index >= 15 is 0 Å². The molecule has 1 N–H and O–H groups in total. The molecular weight excluding hydrogens is 180 g/mol. The van der Waals surface area contributed by atoms with E-state index in [0.717, 1.165) is 51.9 Å². The Morgan fingerprint density at radius 1 is 1.14 bits per heavy atom. The van der Waals surface area contributed by atoms with Crippen LogP contribution in [0.4, 0.5) is 0 Å². The third kappa shape index (κ3) is 2.69. The monoisotopic (exact) mass is 200 g/mol. The molecule has 0 spiro atoms. The lowest BCUT2D eigenvalue weighted by Crippen LogP contribution is -2.41. The van der Waals surface area contributed by atoms with E-state index in [1.54, 1.807) is 0 Å². The Balaban J connectivity index is 1.81. The van der Waals surface area contributed by atoms with Crippen LogP contribution in [0.1, 0.15) is 32.1 Å². The van der Waals surface area contributed by atoms with Crippen LogP contribution in [0.2, 0.25) is 0 Å². The molecule has 14 heavy (non-hydrogen) atoms. The maximum absolute atomic E-state index is 10.3. The lowest BCUT2D eigenvalue weighted by atomic mass is 9.83. The van der Waals surface area contributed by atoms with Crippen molar-refractivity contribution < 1.29 is 14.6 Å². The molecule has 0 amide bonds. The number of rotatable bonds is 2. The van der Waals surface area contributed by atoms with Gasteiger partial charge in [-0.1, -0.05) is 0 Å². The Hall–Kier alpha value is -0.120. The van der Waals surface area contributed by atoms with E-state index in [1.165, 1.54) is 0 Å². The van der Waals surface area contributed by atoms with Gasteiger partial charge in [-0.15, -0.1) is 0 Å². The Morgan fingerprint density at radius 3 is 2.57 bits per heavy atom. The molecule has 2 fully saturated rings. The first-order chi connectivity index (χ1) is 6.79. The van der Waals surface area contributed by atoms with Crippen LogP contribution in [0.15, 0.2) is 0 Å². The molecule has 3 nitrogen and oxygen atoms in total. The molecule has 0 bridgehead atoms. The number of aliphatic hydroxyl groups is 1. The fourth-order valence-corrected chi connectivity index (χ4v) is 2.49. The van der Waals surface area contributed by atoms with Crippen molar-refractivity contribution in [1.82, 2.24) is 0 Å². The number of hydrogen-bond acceptors (Lipinski definition) is 3. The highest BCUT2D eigenvalue weighted by atomic mass is 16.5. The fraction of sp³-hybridized carbons (Fsp3) is 1.00. The van der Waals surface area contributed by atoms with Gasteiger partial charge < -0.3 is 14.6 Å². The van der Waals surface area contributed by atoms with Crippen molar-refractivity contribution in [2.45, 2.75) is 37.7 Å². The molecule has 2 heterocycles. The van der Waals surface area contributed by atoms with Crippen LogP contribution in [0.25, 0.3) is 0 Å². The molecular formula is C11H20O3. The Labute approximate surface area is 85.4 Å². The van der Waals surface area contributed by atoms with Crippen LogP contribution in [0.3, 0.4) is 0 Å². The molecule has 0 saturated carbocycles. The number of ether oxygens (including phenoxy) is 2. The molecule has 0 aromatic heterocycles. The SMILES string of the molecule is OC1(CC2CCOCC2)CCCOC1. The molecule has 2 aliphatic heterocycles. The van der Waals surface area contributed by atoms with E-state index in [2.05, 4.69) is 0 Å². The van der Waals surface area contributed by atoms with E-state index in [9.17, 15) is 5.11 Å². The second-order valence-corrected chi connectivity index (χ2v) is 4.64. The average Bonchev–Trinajstić information content (AvgIpc) is 2.19. The molecule has 0 radical (unpaired) electrons. The van der Waals surface area contributed by atoms with Crippen LogP contribution in [-0.2, 0) is 9.47 Å². The van der Waals surface area contributed by atoms with Gasteiger partial charge in [-0.2, -0.15) is 0 Å². The van der Waals surface area contributed by atoms with Gasteiger partial charge in [-0.25, -0.2) is 0 Å². The molecule has 2 rings (SSSR count). The van der Waals surface area contributed by atoms with E-state index in [-0.39, 0.29) is 0 Å². The quantitative estimate of drug-likeness (QED) is 0.731. The highest BCUT2D eigenvalue weighted by Crippen LogP contribution is 2.30. The summed E-state index contributed by atoms with van der Waals surface area (Å²) >= 11 is 0. The summed E-state index contributed by atoms with van der Waals surface area (Å²) in [6, 6.07) is 0. The van der Waals surface area contributed by atoms with Gasteiger partial charge >= 0.3 is 0 Å². The lowest BCUT2D eigenvalue weighted by Gasteiger charge is -2.36. The van der Waals surface area contributed by atoms with Gasteiger partial charge in [0.25, 0.3) is 0 Å². The zero-order valence-corrected chi connectivity index (χ0v) is 8.71. The van der Waals surface area contributed by atoms with Crippen molar-refractivity contribution in [2.24, 2.45) is 5.92 Å². The molecule has 82 valence electrons. The smallest absolute Gasteiger partial charge is 0.0883 e. The average molecular weight is 200 g/mol. The van der Waals surface area contributed by atoms with Gasteiger partial charge in [0.15, 0.2) is 0 Å². The number of hydrogen-bond donors (Lipinski definition) is 1. The van der Waals surface area contributed by atoms with Gasteiger partial charge in [-0.3, -0.25) is 0 Å². The molecule has 1 unspecified atom stereocenters. The second kappa shape index (κ2) is 4.60. The minimum Gasteiger partial charge on any atom is -0.387 e. The van der Waals surface area contributed by atoms with E-state index in [1.807, 2.05) is 0 Å². The highest BCUT2D eigenvalue weighted by Gasteiger charge is 2.33. The maximum atomic E-state index is 10.3. The minimum atomic E-state index is -0.541. The summed E-state index contributed by atoms with van der Waals surface area (Å²) in [7, 11) is 0. The van der Waals surface area contributed by atoms with Gasteiger partial charge in [0.05, 0.1) is 12.2 Å². The first kappa shape index (κ1) is 10.4. The Kier molecular flexibility index (Phi) is 3.42. The van der Waals surface area contributed by atoms with Crippen LogP contribution < -0.4 is 0 Å². The van der Waals surface area contributed by atoms with Gasteiger partial charge in [0.1, 0.15) is 0 Å². The first-order valence-electron chi connectivity index (χ1n) is 5.66. The van der Waals surface area contributed by atoms with Crippen molar-refractivity contribution in [3.63, 3.8) is 0 Å². The molecule has 1 atom stereocenters. The van der Waals surface area contributed by atoms with Gasteiger partial charge in [0, 0.05) is 19.8 Å². The summed E-state index contributed by atoms with van der Waals surface area (Å²) in [6.45, 7) is 3.07. The van der Waals surface area contributed by atoms with Crippen molar-refractivity contribution >= 4 is 0 Å². The van der Waals surface area contributed by atoms with Gasteiger partial charge in [-0.05, 0) is 38.0 Å². The van der Waals surface area contributed by atoms with Crippen LogP contribution in [0.5, 0.6) is 0 Å². The third-order valence-corrected chi connectivity index (χ3v) is 3.31. The van der Waals surface area contributed by atoms with Crippen molar-refractivity contribution in [1.29, 1.82) is 0 Å². The largest absolute Gasteiger partial charge is 0.387 e. The topological polar surface area (TPSA) is 38.7 Å². The van der Waals surface area contributed by atoms with E-state index < -0.39 is 5.60 Å². The minimum absolute atomic E-state index is 0.532. The molecule has 0 aromatic rings. The summed E-state index contributed by atoms with van der Waals surface area (Å²) in [6.07, 6.45) is 5.01. The normalized spacial score (nSPS) is 35.8. The Bertz CT molecular complexity index is 169. The summed E-state index contributed by atoms with van der Waals surface area (Å²) in [5.41, 5.74) is -0.541. The zero-order chi connectivity index (χ0) is 9.86. The first-order valence-corrected chi connectivity index (χ1v) is 5.66. The lowest BCUT2D eigenvalue weighted by molar-refractivity contribution is -0.104. The zero-order valence-electron chi connectivity index (χ0n) is 8.71. The predicted molar refractivity (Wildman–Crippen MR) is 53.2 cm³/mol. The van der Waals surface area contributed by atoms with Crippen LogP contribution in [0, 0.1) is 5.92 Å². The van der Waals surface area contributed by atoms with E-state index in [4.69, 9.17) is 9.47 Å². The summed E-state index contributed by atoms with van der Waals surface area (Å²) in [5.74, 6) is 0.635. The summed E-state index contributed by atoms with van der Waals surface area (Å²) in [5, 5.41) is 10.3. The maximum Gasteiger partial charge on any atom is 0.0883 e. The third-order valence-electron chi connectivity index (χ3n) is 3.31. The highest BCUT2D eigenvalue weighted by molar-refractivity contribution is 4.84. The van der Waals surface area contributed by atoms with Crippen LogP contribution in [-0.4, -0.2) is 37.1 Å². The molecule has 0 aromatic carbocycles. The molecule has 3 heteroatoms. The van der Waals surface area contributed by atoms with Crippen molar-refractivity contribution in [2.75, 3.05) is 26.4 Å². The van der Waals surface area contributed by atoms with E-state index in [0.29, 0.717) is 12.5 Å². The molecule has 2 aliphatic rings. The summed E-state index contributed by atoms with van der Waals surface area (Å²) < 4.78 is 10.7. The molecule has 2 saturated heterocycles. The van der Waals surface area contributed by atoms with Crippen molar-refractivity contribution in [3.05, 3.63) is 0 Å². The van der Waals surface area contributed by atoms with Crippen LogP contribution >= 0.6 is 0 Å². The van der Waals surface area contributed by atoms with Crippen molar-refractivity contribution in [3.8, 4) is 0 Å². The predicted octanol–water partition coefficient (Wildman–Crippen LogP) is 1.34. The fourth-order valence-electron chi connectivity index (χ4n) is 2.49. The summed E-state index contributed by atoms with van der Waals surface area (Å²) in [4.78, 5) is 0. The standard InChI is InChI=1S/C11H20O3/c12-11(4-1-5-14-9-11)8-10-2-6-13-7-3-10/h10,12H,1-9H2. The molecule has 0 aliphatic carbocycles. The second-order valence-electron chi connectivity index (χ2n) is 4.64. The van der Waals surface area contributed by atoms with Gasteiger partial charge in [0.2, 0.25) is 0 Å².